The number of nitrogens with one attached hydrogen (secondary N) is 2. The van der Waals surface area contributed by atoms with Crippen LogP contribution >= 0.6 is 34.9 Å². The van der Waals surface area contributed by atoms with Crippen molar-refractivity contribution >= 4 is 62.5 Å². The first-order valence-electron chi connectivity index (χ1n) is 8.90. The fraction of sp³-hybridized carbons (Fsp3) is 0.667. The molecule has 0 saturated carbocycles. The van der Waals surface area contributed by atoms with Gasteiger partial charge in [0.25, 0.3) is 0 Å². The highest BCUT2D eigenvalue weighted by Gasteiger charge is 2.29. The van der Waals surface area contributed by atoms with E-state index in [4.69, 9.17) is 0 Å². The Bertz CT molecular complexity index is 840. The molecule has 0 aromatic carbocycles. The monoisotopic (exact) mass is 481 g/mol. The molecule has 162 valence electrons. The second-order valence-corrected chi connectivity index (χ2v) is 11.8. The van der Waals surface area contributed by atoms with Crippen molar-refractivity contribution in [3.63, 3.8) is 0 Å². The second-order valence-electron chi connectivity index (χ2n) is 6.10. The lowest BCUT2D eigenvalue weighted by molar-refractivity contribution is -0.128. The van der Waals surface area contributed by atoms with Crippen LogP contribution in [-0.2, 0) is 19.4 Å². The number of carbonyl (C=O) groups is 3. The quantitative estimate of drug-likeness (QED) is 0.486. The minimum absolute atomic E-state index is 0.0323. The lowest BCUT2D eigenvalue weighted by Gasteiger charge is -2.17. The fourth-order valence-electron chi connectivity index (χ4n) is 2.53. The van der Waals surface area contributed by atoms with Gasteiger partial charge in [-0.3, -0.25) is 14.9 Å². The molecule has 4 amide bonds. The molecule has 2 N–H and O–H groups in total. The van der Waals surface area contributed by atoms with Crippen LogP contribution in [0, 0.1) is 0 Å². The summed E-state index contributed by atoms with van der Waals surface area (Å²) in [5, 5.41) is 12.6. The van der Waals surface area contributed by atoms with E-state index >= 15 is 0 Å². The van der Waals surface area contributed by atoms with Gasteiger partial charge in [-0.25, -0.2) is 13.2 Å². The summed E-state index contributed by atoms with van der Waals surface area (Å²) >= 11 is 3.70. The lowest BCUT2D eigenvalue weighted by Crippen LogP contribution is -2.45. The first-order chi connectivity index (χ1) is 13.7. The summed E-state index contributed by atoms with van der Waals surface area (Å²) in [5.74, 6) is -0.309. The van der Waals surface area contributed by atoms with Crippen molar-refractivity contribution in [1.29, 1.82) is 0 Å². The van der Waals surface area contributed by atoms with E-state index in [1.165, 1.54) is 23.1 Å². The zero-order valence-electron chi connectivity index (χ0n) is 16.0. The smallest absolute Gasteiger partial charge is 0.321 e. The molecule has 0 radical (unpaired) electrons. The number of imide groups is 1. The fourth-order valence-corrected chi connectivity index (χ4v) is 6.92. The number of thioether (sulfide) groups is 2. The first-order valence-corrected chi connectivity index (χ1v) is 13.5. The summed E-state index contributed by atoms with van der Waals surface area (Å²) in [5.41, 5.74) is 0. The molecule has 2 heterocycles. The van der Waals surface area contributed by atoms with Crippen molar-refractivity contribution in [2.45, 2.75) is 35.0 Å². The lowest BCUT2D eigenvalue weighted by atomic mass is 10.3. The molecule has 1 aliphatic heterocycles. The van der Waals surface area contributed by atoms with Crippen LogP contribution in [0.25, 0.3) is 0 Å². The molecule has 0 bridgehead atoms. The molecule has 1 aromatic heterocycles. The van der Waals surface area contributed by atoms with Gasteiger partial charge in [0.2, 0.25) is 11.8 Å². The molecule has 1 aromatic rings. The number of hydrogen-bond acceptors (Lipinski definition) is 10. The SMILES string of the molecule is CCN(CC)C(=O)CSc1nnc(SCC(=O)NC(=O)NC2CCS(=O)(=O)C2)s1. The molecular weight excluding hydrogens is 458 g/mol. The number of rotatable bonds is 9. The number of nitrogens with zero attached hydrogens (tertiary/aromatic N) is 3. The van der Waals surface area contributed by atoms with Gasteiger partial charge in [0, 0.05) is 19.1 Å². The van der Waals surface area contributed by atoms with E-state index in [2.05, 4.69) is 20.8 Å². The van der Waals surface area contributed by atoms with Crippen molar-refractivity contribution < 1.29 is 22.8 Å². The van der Waals surface area contributed by atoms with Gasteiger partial charge in [0.15, 0.2) is 18.5 Å². The molecule has 1 unspecified atom stereocenters. The van der Waals surface area contributed by atoms with Crippen LogP contribution in [0.4, 0.5) is 4.79 Å². The Labute approximate surface area is 181 Å². The molecule has 0 spiro atoms. The average Bonchev–Trinajstić information content (AvgIpc) is 3.25. The largest absolute Gasteiger partial charge is 0.343 e. The predicted molar refractivity (Wildman–Crippen MR) is 113 cm³/mol. The van der Waals surface area contributed by atoms with E-state index in [0.717, 1.165) is 11.8 Å². The maximum atomic E-state index is 12.0. The number of urea groups is 1. The highest BCUT2D eigenvalue weighted by molar-refractivity contribution is 8.03. The molecule has 10 nitrogen and oxygen atoms in total. The topological polar surface area (TPSA) is 138 Å². The average molecular weight is 482 g/mol. The molecule has 29 heavy (non-hydrogen) atoms. The van der Waals surface area contributed by atoms with Gasteiger partial charge in [-0.15, -0.1) is 10.2 Å². The Morgan fingerprint density at radius 3 is 2.31 bits per heavy atom. The number of sulfone groups is 1. The molecule has 1 saturated heterocycles. The predicted octanol–water partition coefficient (Wildman–Crippen LogP) is 0.604. The third-order valence-electron chi connectivity index (χ3n) is 3.97. The van der Waals surface area contributed by atoms with E-state index in [1.807, 2.05) is 13.8 Å². The normalized spacial score (nSPS) is 17.7. The summed E-state index contributed by atoms with van der Waals surface area (Å²) < 4.78 is 23.9. The van der Waals surface area contributed by atoms with Crippen LogP contribution in [0.15, 0.2) is 8.68 Å². The van der Waals surface area contributed by atoms with Crippen molar-refractivity contribution in [3.8, 4) is 0 Å². The molecule has 0 aliphatic carbocycles. The highest BCUT2D eigenvalue weighted by atomic mass is 32.2. The van der Waals surface area contributed by atoms with Crippen LogP contribution in [0.2, 0.25) is 0 Å². The van der Waals surface area contributed by atoms with Crippen molar-refractivity contribution in [2.75, 3.05) is 36.1 Å². The summed E-state index contributed by atoms with van der Waals surface area (Å²) in [6.45, 7) is 5.16. The van der Waals surface area contributed by atoms with Crippen LogP contribution in [-0.4, -0.2) is 83.5 Å². The number of amides is 4. The van der Waals surface area contributed by atoms with Gasteiger partial charge >= 0.3 is 6.03 Å². The minimum atomic E-state index is -3.10. The third kappa shape index (κ3) is 8.10. The van der Waals surface area contributed by atoms with Crippen LogP contribution in [0.1, 0.15) is 20.3 Å². The summed E-state index contributed by atoms with van der Waals surface area (Å²) in [4.78, 5) is 37.4. The van der Waals surface area contributed by atoms with E-state index in [1.54, 1.807) is 4.90 Å². The maximum absolute atomic E-state index is 12.0. The zero-order chi connectivity index (χ0) is 21.4. The Balaban J connectivity index is 1.70. The van der Waals surface area contributed by atoms with E-state index in [9.17, 15) is 22.8 Å². The second kappa shape index (κ2) is 11.1. The number of aromatic nitrogens is 2. The Morgan fingerprint density at radius 2 is 1.76 bits per heavy atom. The van der Waals surface area contributed by atoms with E-state index in [-0.39, 0.29) is 28.9 Å². The van der Waals surface area contributed by atoms with Gasteiger partial charge in [-0.05, 0) is 20.3 Å². The Morgan fingerprint density at radius 1 is 1.14 bits per heavy atom. The van der Waals surface area contributed by atoms with Gasteiger partial charge in [0.05, 0.1) is 23.0 Å². The Kier molecular flexibility index (Phi) is 9.17. The van der Waals surface area contributed by atoms with Crippen LogP contribution in [0.3, 0.4) is 0 Å². The molecule has 2 rings (SSSR count). The van der Waals surface area contributed by atoms with E-state index in [0.29, 0.717) is 28.2 Å². The molecule has 1 fully saturated rings. The summed E-state index contributed by atoms with van der Waals surface area (Å²) in [6, 6.07) is -1.18. The number of hydrogen-bond donors (Lipinski definition) is 2. The van der Waals surface area contributed by atoms with Crippen LogP contribution < -0.4 is 10.6 Å². The zero-order valence-corrected chi connectivity index (χ0v) is 19.3. The Hall–Kier alpha value is -1.38. The maximum Gasteiger partial charge on any atom is 0.321 e. The molecule has 1 aliphatic rings. The summed E-state index contributed by atoms with van der Waals surface area (Å²) in [7, 11) is -3.10. The van der Waals surface area contributed by atoms with E-state index < -0.39 is 27.8 Å². The van der Waals surface area contributed by atoms with Crippen molar-refractivity contribution in [1.82, 2.24) is 25.7 Å². The van der Waals surface area contributed by atoms with Crippen molar-refractivity contribution in [2.24, 2.45) is 0 Å². The highest BCUT2D eigenvalue weighted by Crippen LogP contribution is 2.28. The van der Waals surface area contributed by atoms with Crippen LogP contribution in [0.5, 0.6) is 0 Å². The molecular formula is C15H23N5O5S4. The standard InChI is InChI=1S/C15H23N5O5S4/c1-3-20(4-2)12(22)8-27-15-19-18-14(28-15)26-7-11(21)17-13(23)16-10-5-6-29(24,25)9-10/h10H,3-9H2,1-2H3,(H2,16,17,21,23). The first kappa shape index (κ1) is 23.9. The third-order valence-corrected chi connectivity index (χ3v) is 8.91. The van der Waals surface area contributed by atoms with Gasteiger partial charge < -0.3 is 10.2 Å². The minimum Gasteiger partial charge on any atom is -0.343 e. The summed E-state index contributed by atoms with van der Waals surface area (Å²) in [6.07, 6.45) is 0.348. The molecule has 1 atom stereocenters. The van der Waals surface area contributed by atoms with Gasteiger partial charge in [-0.2, -0.15) is 0 Å². The number of carbonyl (C=O) groups excluding carboxylic acids is 3. The van der Waals surface area contributed by atoms with Gasteiger partial charge in [0.1, 0.15) is 0 Å². The van der Waals surface area contributed by atoms with Gasteiger partial charge in [-0.1, -0.05) is 34.9 Å². The van der Waals surface area contributed by atoms with Crippen molar-refractivity contribution in [3.05, 3.63) is 0 Å². The molecule has 14 heteroatoms.